The Hall–Kier alpha value is -2.23. The molecule has 1 fully saturated rings. The lowest BCUT2D eigenvalue weighted by molar-refractivity contribution is -0.125. The molecule has 0 radical (unpaired) electrons. The van der Waals surface area contributed by atoms with E-state index >= 15 is 0 Å². The lowest BCUT2D eigenvalue weighted by atomic mass is 9.95. The van der Waals surface area contributed by atoms with Gasteiger partial charge in [-0.05, 0) is 24.1 Å². The van der Waals surface area contributed by atoms with Crippen molar-refractivity contribution in [1.82, 2.24) is 10.3 Å². The Morgan fingerprint density at radius 2 is 2.06 bits per heavy atom. The van der Waals surface area contributed by atoms with Crippen molar-refractivity contribution in [3.05, 3.63) is 42.1 Å². The molecule has 1 aromatic carbocycles. The summed E-state index contributed by atoms with van der Waals surface area (Å²) in [6, 6.07) is 9.74. The Labute approximate surface area is 104 Å². The van der Waals surface area contributed by atoms with E-state index in [1.54, 1.807) is 6.20 Å². The summed E-state index contributed by atoms with van der Waals surface area (Å²) in [6.45, 7) is 0. The van der Waals surface area contributed by atoms with Crippen LogP contribution in [0.2, 0.25) is 0 Å². The summed E-state index contributed by atoms with van der Waals surface area (Å²) in [5.41, 5.74) is 1.98. The summed E-state index contributed by atoms with van der Waals surface area (Å²) in [6.07, 6.45) is 2.61. The van der Waals surface area contributed by atoms with E-state index in [4.69, 9.17) is 0 Å². The standard InChI is InChI=1S/C14H12N2O2/c17-13-8-10(14(18)16-13)7-9-5-6-15-12-4-2-1-3-11(9)12/h1-6,10H,7-8H2,(H,16,17,18). The molecule has 1 unspecified atom stereocenters. The zero-order valence-electron chi connectivity index (χ0n) is 9.72. The number of pyridine rings is 1. The molecule has 1 aromatic heterocycles. The fourth-order valence-electron chi connectivity index (χ4n) is 2.37. The summed E-state index contributed by atoms with van der Waals surface area (Å²) < 4.78 is 0. The van der Waals surface area contributed by atoms with E-state index in [0.717, 1.165) is 16.5 Å². The van der Waals surface area contributed by atoms with Crippen LogP contribution in [-0.2, 0) is 16.0 Å². The molecule has 90 valence electrons. The molecule has 0 bridgehead atoms. The number of carbonyl (C=O) groups is 2. The number of amides is 2. The van der Waals surface area contributed by atoms with Crippen molar-refractivity contribution >= 4 is 22.7 Å². The van der Waals surface area contributed by atoms with Gasteiger partial charge >= 0.3 is 0 Å². The van der Waals surface area contributed by atoms with Crippen molar-refractivity contribution in [2.75, 3.05) is 0 Å². The van der Waals surface area contributed by atoms with Crippen molar-refractivity contribution in [1.29, 1.82) is 0 Å². The number of fused-ring (bicyclic) bond motifs is 1. The van der Waals surface area contributed by atoms with E-state index in [9.17, 15) is 9.59 Å². The molecule has 4 nitrogen and oxygen atoms in total. The van der Waals surface area contributed by atoms with E-state index in [1.807, 2.05) is 30.3 Å². The van der Waals surface area contributed by atoms with Gasteiger partial charge in [0.25, 0.3) is 0 Å². The van der Waals surface area contributed by atoms with Crippen molar-refractivity contribution in [3.8, 4) is 0 Å². The Morgan fingerprint density at radius 3 is 2.83 bits per heavy atom. The van der Waals surface area contributed by atoms with Crippen LogP contribution in [0.3, 0.4) is 0 Å². The largest absolute Gasteiger partial charge is 0.296 e. The molecule has 0 aliphatic carbocycles. The van der Waals surface area contributed by atoms with E-state index in [2.05, 4.69) is 10.3 Å². The molecule has 18 heavy (non-hydrogen) atoms. The van der Waals surface area contributed by atoms with Crippen LogP contribution >= 0.6 is 0 Å². The van der Waals surface area contributed by atoms with Gasteiger partial charge in [-0.1, -0.05) is 18.2 Å². The van der Waals surface area contributed by atoms with Crippen LogP contribution in [0.4, 0.5) is 0 Å². The first kappa shape index (κ1) is 10.9. The minimum absolute atomic E-state index is 0.166. The van der Waals surface area contributed by atoms with Gasteiger partial charge in [0.15, 0.2) is 0 Å². The minimum Gasteiger partial charge on any atom is -0.296 e. The summed E-state index contributed by atoms with van der Waals surface area (Å²) >= 11 is 0. The monoisotopic (exact) mass is 240 g/mol. The van der Waals surface area contributed by atoms with E-state index in [-0.39, 0.29) is 24.2 Å². The molecule has 1 saturated heterocycles. The summed E-state index contributed by atoms with van der Waals surface area (Å²) in [5, 5.41) is 3.39. The molecule has 1 atom stereocenters. The normalized spacial score (nSPS) is 19.2. The number of imide groups is 1. The molecular weight excluding hydrogens is 228 g/mol. The molecule has 0 saturated carbocycles. The van der Waals surface area contributed by atoms with Crippen LogP contribution in [0.25, 0.3) is 10.9 Å². The molecule has 0 spiro atoms. The second-order valence-corrected chi connectivity index (χ2v) is 4.50. The van der Waals surface area contributed by atoms with Gasteiger partial charge in [-0.25, -0.2) is 0 Å². The van der Waals surface area contributed by atoms with Crippen LogP contribution in [0.15, 0.2) is 36.5 Å². The van der Waals surface area contributed by atoms with Gasteiger partial charge in [0, 0.05) is 18.0 Å². The van der Waals surface area contributed by atoms with Crippen molar-refractivity contribution in [2.45, 2.75) is 12.8 Å². The fraction of sp³-hybridized carbons (Fsp3) is 0.214. The van der Waals surface area contributed by atoms with Crippen LogP contribution in [-0.4, -0.2) is 16.8 Å². The van der Waals surface area contributed by atoms with Gasteiger partial charge in [0.1, 0.15) is 0 Å². The number of carbonyl (C=O) groups excluding carboxylic acids is 2. The van der Waals surface area contributed by atoms with Gasteiger partial charge in [-0.2, -0.15) is 0 Å². The van der Waals surface area contributed by atoms with Gasteiger partial charge in [-0.15, -0.1) is 0 Å². The third-order valence-corrected chi connectivity index (χ3v) is 3.27. The maximum Gasteiger partial charge on any atom is 0.230 e. The molecule has 1 aliphatic rings. The number of nitrogens with one attached hydrogen (secondary N) is 1. The SMILES string of the molecule is O=C1CC(Cc2ccnc3ccccc23)C(=O)N1. The minimum atomic E-state index is -0.247. The first-order valence-electron chi connectivity index (χ1n) is 5.90. The highest BCUT2D eigenvalue weighted by molar-refractivity contribution is 6.03. The molecule has 4 heteroatoms. The quantitative estimate of drug-likeness (QED) is 0.808. The smallest absolute Gasteiger partial charge is 0.230 e. The molecule has 1 N–H and O–H groups in total. The number of para-hydroxylation sites is 1. The first-order chi connectivity index (χ1) is 8.74. The predicted molar refractivity (Wildman–Crippen MR) is 66.7 cm³/mol. The number of hydrogen-bond donors (Lipinski definition) is 1. The Bertz CT molecular complexity index is 631. The summed E-state index contributed by atoms with van der Waals surface area (Å²) in [7, 11) is 0. The second-order valence-electron chi connectivity index (χ2n) is 4.50. The molecule has 2 aromatic rings. The average molecular weight is 240 g/mol. The van der Waals surface area contributed by atoms with Crippen molar-refractivity contribution in [3.63, 3.8) is 0 Å². The molecular formula is C14H12N2O2. The zero-order valence-corrected chi connectivity index (χ0v) is 9.72. The average Bonchev–Trinajstić information content (AvgIpc) is 2.68. The number of rotatable bonds is 2. The Balaban J connectivity index is 1.95. The maximum atomic E-state index is 11.6. The third-order valence-electron chi connectivity index (χ3n) is 3.27. The molecule has 1 aliphatic heterocycles. The topological polar surface area (TPSA) is 59.1 Å². The Morgan fingerprint density at radius 1 is 1.22 bits per heavy atom. The number of benzene rings is 1. The Kier molecular flexibility index (Phi) is 2.55. The van der Waals surface area contributed by atoms with E-state index in [1.165, 1.54) is 0 Å². The fourth-order valence-corrected chi connectivity index (χ4v) is 2.37. The maximum absolute atomic E-state index is 11.6. The lowest BCUT2D eigenvalue weighted by Crippen LogP contribution is -2.22. The summed E-state index contributed by atoms with van der Waals surface area (Å²) in [5.74, 6) is -0.590. The highest BCUT2D eigenvalue weighted by Crippen LogP contribution is 2.22. The predicted octanol–water partition coefficient (Wildman–Crippen LogP) is 1.44. The van der Waals surface area contributed by atoms with Crippen molar-refractivity contribution in [2.24, 2.45) is 5.92 Å². The van der Waals surface area contributed by atoms with Crippen LogP contribution < -0.4 is 5.32 Å². The van der Waals surface area contributed by atoms with Crippen molar-refractivity contribution < 1.29 is 9.59 Å². The number of aromatic nitrogens is 1. The molecule has 2 amide bonds. The first-order valence-corrected chi connectivity index (χ1v) is 5.90. The van der Waals surface area contributed by atoms with E-state index < -0.39 is 0 Å². The van der Waals surface area contributed by atoms with Crippen LogP contribution in [0.5, 0.6) is 0 Å². The second kappa shape index (κ2) is 4.22. The van der Waals surface area contributed by atoms with Gasteiger partial charge in [0.05, 0.1) is 11.4 Å². The molecule has 3 rings (SSSR count). The lowest BCUT2D eigenvalue weighted by Gasteiger charge is -2.08. The van der Waals surface area contributed by atoms with Gasteiger partial charge < -0.3 is 0 Å². The van der Waals surface area contributed by atoms with Crippen LogP contribution in [0.1, 0.15) is 12.0 Å². The number of hydrogen-bond acceptors (Lipinski definition) is 3. The highest BCUT2D eigenvalue weighted by atomic mass is 16.2. The highest BCUT2D eigenvalue weighted by Gasteiger charge is 2.30. The van der Waals surface area contributed by atoms with Gasteiger partial charge in [-0.3, -0.25) is 19.9 Å². The zero-order chi connectivity index (χ0) is 12.5. The van der Waals surface area contributed by atoms with Crippen LogP contribution in [0, 0.1) is 5.92 Å². The van der Waals surface area contributed by atoms with E-state index in [0.29, 0.717) is 6.42 Å². The third kappa shape index (κ3) is 1.86. The van der Waals surface area contributed by atoms with Gasteiger partial charge in [0.2, 0.25) is 11.8 Å². The number of nitrogens with zero attached hydrogens (tertiary/aromatic N) is 1. The molecule has 2 heterocycles. The summed E-state index contributed by atoms with van der Waals surface area (Å²) in [4.78, 5) is 27.0.